The fraction of sp³-hybridized carbons (Fsp3) is 0.312. The Morgan fingerprint density at radius 1 is 1.33 bits per heavy atom. The second-order valence-corrected chi connectivity index (χ2v) is 7.61. The van der Waals surface area contributed by atoms with E-state index < -0.39 is 11.4 Å². The highest BCUT2D eigenvalue weighted by Crippen LogP contribution is 2.32. The molecule has 1 heterocycles. The summed E-state index contributed by atoms with van der Waals surface area (Å²) in [4.78, 5) is 27.4. The molecule has 8 heteroatoms. The number of nitrogens with one attached hydrogen (secondary N) is 1. The third-order valence-electron chi connectivity index (χ3n) is 3.36. The summed E-state index contributed by atoms with van der Waals surface area (Å²) >= 11 is 13.4. The lowest BCUT2D eigenvalue weighted by molar-refractivity contribution is -0.146. The molecule has 24 heavy (non-hydrogen) atoms. The topological polar surface area (TPSA) is 79.3 Å². The molecule has 0 saturated heterocycles. The highest BCUT2D eigenvalue weighted by atomic mass is 35.5. The molecular formula is C16H16Cl2N2O3S. The van der Waals surface area contributed by atoms with E-state index in [0.29, 0.717) is 20.7 Å². The van der Waals surface area contributed by atoms with E-state index in [1.54, 1.807) is 37.4 Å². The molecule has 0 radical (unpaired) electrons. The lowest BCUT2D eigenvalue weighted by Crippen LogP contribution is -2.39. The summed E-state index contributed by atoms with van der Waals surface area (Å²) in [6, 6.07) is 5.15. The maximum Gasteiger partial charge on any atom is 0.310 e. The minimum absolute atomic E-state index is 0.0567. The van der Waals surface area contributed by atoms with Gasteiger partial charge in [-0.3, -0.25) is 9.59 Å². The average Bonchev–Trinajstić information content (AvgIpc) is 2.93. The predicted molar refractivity (Wildman–Crippen MR) is 95.7 cm³/mol. The Morgan fingerprint density at radius 3 is 2.67 bits per heavy atom. The molecular weight excluding hydrogens is 371 g/mol. The maximum absolute atomic E-state index is 12.0. The summed E-state index contributed by atoms with van der Waals surface area (Å²) in [6.07, 6.45) is 0.0808. The molecule has 0 saturated carbocycles. The number of carbonyl (C=O) groups is 2. The molecule has 0 atom stereocenters. The van der Waals surface area contributed by atoms with Crippen LogP contribution in [0.2, 0.25) is 10.0 Å². The van der Waals surface area contributed by atoms with E-state index in [9.17, 15) is 9.59 Å². The molecule has 1 aromatic carbocycles. The molecule has 1 amide bonds. The van der Waals surface area contributed by atoms with E-state index in [1.807, 2.05) is 0 Å². The molecule has 0 aliphatic rings. The first-order valence-electron chi connectivity index (χ1n) is 7.09. The molecule has 0 aliphatic heterocycles. The number of benzene rings is 1. The van der Waals surface area contributed by atoms with Crippen molar-refractivity contribution in [1.82, 2.24) is 10.3 Å². The summed E-state index contributed by atoms with van der Waals surface area (Å²) in [7, 11) is 0. The number of hydrogen-bond donors (Lipinski definition) is 2. The van der Waals surface area contributed by atoms with Crippen LogP contribution in [0.4, 0.5) is 0 Å². The number of nitrogens with zero attached hydrogens (tertiary/aromatic N) is 1. The number of thiazole rings is 1. The van der Waals surface area contributed by atoms with Gasteiger partial charge >= 0.3 is 5.97 Å². The van der Waals surface area contributed by atoms with Gasteiger partial charge in [0.2, 0.25) is 5.91 Å². The van der Waals surface area contributed by atoms with Crippen LogP contribution in [0.5, 0.6) is 0 Å². The fourth-order valence-electron chi connectivity index (χ4n) is 1.80. The maximum atomic E-state index is 12.0. The van der Waals surface area contributed by atoms with Gasteiger partial charge in [0.25, 0.3) is 0 Å². The number of rotatable bonds is 6. The Balaban J connectivity index is 2.01. The summed E-state index contributed by atoms with van der Waals surface area (Å²) < 4.78 is 0. The summed E-state index contributed by atoms with van der Waals surface area (Å²) in [6.45, 7) is 3.17. The van der Waals surface area contributed by atoms with Crippen molar-refractivity contribution < 1.29 is 14.7 Å². The Bertz CT molecular complexity index is 774. The first-order valence-corrected chi connectivity index (χ1v) is 8.72. The zero-order valence-electron chi connectivity index (χ0n) is 13.1. The van der Waals surface area contributed by atoms with Gasteiger partial charge in [0, 0.05) is 22.5 Å². The van der Waals surface area contributed by atoms with Gasteiger partial charge in [0.05, 0.1) is 22.6 Å². The SMILES string of the molecule is CC(C)(CNC(=O)Cc1csc(-c2ccc(Cl)cc2Cl)n1)C(=O)O. The lowest BCUT2D eigenvalue weighted by atomic mass is 9.94. The van der Waals surface area contributed by atoms with Gasteiger partial charge in [-0.25, -0.2) is 4.98 Å². The number of amides is 1. The van der Waals surface area contributed by atoms with E-state index in [2.05, 4.69) is 10.3 Å². The van der Waals surface area contributed by atoms with E-state index in [1.165, 1.54) is 11.3 Å². The van der Waals surface area contributed by atoms with Crippen molar-refractivity contribution in [3.8, 4) is 10.6 Å². The Morgan fingerprint density at radius 2 is 2.04 bits per heavy atom. The normalized spacial score (nSPS) is 11.3. The Hall–Kier alpha value is -1.63. The lowest BCUT2D eigenvalue weighted by Gasteiger charge is -2.19. The third-order valence-corrected chi connectivity index (χ3v) is 4.83. The third kappa shape index (κ3) is 4.69. The largest absolute Gasteiger partial charge is 0.481 e. The van der Waals surface area contributed by atoms with Crippen molar-refractivity contribution in [3.05, 3.63) is 39.3 Å². The average molecular weight is 387 g/mol. The number of carboxylic acid groups (broad SMARTS) is 1. The summed E-state index contributed by atoms with van der Waals surface area (Å²) in [5, 5.41) is 15.2. The van der Waals surface area contributed by atoms with E-state index >= 15 is 0 Å². The zero-order valence-corrected chi connectivity index (χ0v) is 15.4. The predicted octanol–water partition coefficient (Wildman–Crippen LogP) is 3.89. The van der Waals surface area contributed by atoms with Crippen LogP contribution in [0.25, 0.3) is 10.6 Å². The molecule has 0 aliphatic carbocycles. The summed E-state index contributed by atoms with van der Waals surface area (Å²) in [5.74, 6) is -1.24. The Kier molecular flexibility index (Phi) is 5.85. The number of carbonyl (C=O) groups excluding carboxylic acids is 1. The molecule has 0 unspecified atom stereocenters. The molecule has 128 valence electrons. The van der Waals surface area contributed by atoms with Crippen LogP contribution >= 0.6 is 34.5 Å². The number of aromatic nitrogens is 1. The van der Waals surface area contributed by atoms with E-state index in [0.717, 1.165) is 5.56 Å². The van der Waals surface area contributed by atoms with E-state index in [-0.39, 0.29) is 18.9 Å². The quantitative estimate of drug-likeness (QED) is 0.788. The molecule has 0 fully saturated rings. The molecule has 0 spiro atoms. The van der Waals surface area contributed by atoms with Crippen LogP contribution < -0.4 is 5.32 Å². The first-order chi connectivity index (χ1) is 11.2. The highest BCUT2D eigenvalue weighted by Gasteiger charge is 2.27. The van der Waals surface area contributed by atoms with Gasteiger partial charge in [-0.15, -0.1) is 11.3 Å². The van der Waals surface area contributed by atoms with Crippen molar-refractivity contribution in [2.24, 2.45) is 5.41 Å². The van der Waals surface area contributed by atoms with Crippen LogP contribution in [0.3, 0.4) is 0 Å². The molecule has 1 aromatic heterocycles. The number of hydrogen-bond acceptors (Lipinski definition) is 4. The minimum Gasteiger partial charge on any atom is -0.481 e. The number of carboxylic acids is 1. The van der Waals surface area contributed by atoms with Gasteiger partial charge in [0.1, 0.15) is 5.01 Å². The van der Waals surface area contributed by atoms with Gasteiger partial charge < -0.3 is 10.4 Å². The van der Waals surface area contributed by atoms with Crippen LogP contribution in [0, 0.1) is 5.41 Å². The number of aliphatic carboxylic acids is 1. The van der Waals surface area contributed by atoms with Crippen molar-refractivity contribution in [3.63, 3.8) is 0 Å². The number of halogens is 2. The minimum atomic E-state index is -1.01. The molecule has 5 nitrogen and oxygen atoms in total. The Labute approximate surface area is 153 Å². The van der Waals surface area contributed by atoms with Gasteiger partial charge in [-0.1, -0.05) is 23.2 Å². The smallest absolute Gasteiger partial charge is 0.310 e. The van der Waals surface area contributed by atoms with Crippen LogP contribution in [-0.4, -0.2) is 28.5 Å². The van der Waals surface area contributed by atoms with Crippen molar-refractivity contribution >= 4 is 46.4 Å². The van der Waals surface area contributed by atoms with Gasteiger partial charge in [0.15, 0.2) is 0 Å². The zero-order chi connectivity index (χ0) is 17.9. The monoisotopic (exact) mass is 386 g/mol. The molecule has 2 rings (SSSR count). The standard InChI is InChI=1S/C16H16Cl2N2O3S/c1-16(2,15(22)23)8-19-13(21)6-10-7-24-14(20-10)11-4-3-9(17)5-12(11)18/h3-5,7H,6,8H2,1-2H3,(H,19,21)(H,22,23). The molecule has 0 bridgehead atoms. The van der Waals surface area contributed by atoms with Crippen molar-refractivity contribution in [1.29, 1.82) is 0 Å². The van der Waals surface area contributed by atoms with Crippen LogP contribution in [-0.2, 0) is 16.0 Å². The van der Waals surface area contributed by atoms with Gasteiger partial charge in [-0.05, 0) is 32.0 Å². The van der Waals surface area contributed by atoms with Crippen molar-refractivity contribution in [2.45, 2.75) is 20.3 Å². The molecule has 2 aromatic rings. The van der Waals surface area contributed by atoms with Crippen molar-refractivity contribution in [2.75, 3.05) is 6.54 Å². The highest BCUT2D eigenvalue weighted by molar-refractivity contribution is 7.13. The first kappa shape index (κ1) is 18.7. The van der Waals surface area contributed by atoms with Gasteiger partial charge in [-0.2, -0.15) is 0 Å². The summed E-state index contributed by atoms with van der Waals surface area (Å²) in [5.41, 5.74) is 0.344. The van der Waals surface area contributed by atoms with E-state index in [4.69, 9.17) is 28.3 Å². The second-order valence-electron chi connectivity index (χ2n) is 5.91. The molecule has 2 N–H and O–H groups in total. The van der Waals surface area contributed by atoms with Crippen LogP contribution in [0.1, 0.15) is 19.5 Å². The fourth-order valence-corrected chi connectivity index (χ4v) is 3.21. The second kappa shape index (κ2) is 7.51. The van der Waals surface area contributed by atoms with Crippen LogP contribution in [0.15, 0.2) is 23.6 Å².